The maximum absolute atomic E-state index is 11.6. The van der Waals surface area contributed by atoms with Crippen molar-refractivity contribution in [2.75, 3.05) is 5.32 Å². The maximum atomic E-state index is 11.6. The summed E-state index contributed by atoms with van der Waals surface area (Å²) < 4.78 is 5.34. The Bertz CT molecular complexity index is 423. The summed E-state index contributed by atoms with van der Waals surface area (Å²) in [7, 11) is 0. The molecule has 6 nitrogen and oxygen atoms in total. The number of aromatic nitrogens is 2. The minimum absolute atomic E-state index is 0.0409. The zero-order valence-electron chi connectivity index (χ0n) is 9.56. The molecule has 2 aliphatic carbocycles. The van der Waals surface area contributed by atoms with Crippen molar-refractivity contribution in [1.29, 1.82) is 0 Å². The molecule has 2 fully saturated rings. The van der Waals surface area contributed by atoms with Gasteiger partial charge in [0.1, 0.15) is 0 Å². The lowest BCUT2D eigenvalue weighted by Crippen LogP contribution is -2.28. The monoisotopic (exact) mass is 236 g/mol. The van der Waals surface area contributed by atoms with E-state index in [1.54, 1.807) is 0 Å². The molecule has 1 atom stereocenters. The maximum Gasteiger partial charge on any atom is 0.322 e. The molecule has 92 valence electrons. The van der Waals surface area contributed by atoms with E-state index in [0.29, 0.717) is 24.1 Å². The molecule has 0 bridgehead atoms. The number of carbonyl (C=O) groups is 1. The number of rotatable bonds is 5. The van der Waals surface area contributed by atoms with Crippen LogP contribution in [0.2, 0.25) is 0 Å². The van der Waals surface area contributed by atoms with Crippen molar-refractivity contribution in [2.45, 2.75) is 44.1 Å². The number of hydrogen-bond donors (Lipinski definition) is 2. The van der Waals surface area contributed by atoms with E-state index >= 15 is 0 Å². The third-order valence-corrected chi connectivity index (χ3v) is 3.26. The molecular formula is C11H16N4O2. The molecule has 1 aromatic heterocycles. The number of nitrogens with one attached hydrogen (secondary N) is 1. The molecule has 0 aromatic carbocycles. The van der Waals surface area contributed by atoms with Crippen molar-refractivity contribution in [2.24, 2.45) is 11.7 Å². The molecule has 17 heavy (non-hydrogen) atoms. The molecule has 2 aliphatic rings. The molecule has 1 aromatic rings. The summed E-state index contributed by atoms with van der Waals surface area (Å²) in [6.07, 6.45) is 4.80. The van der Waals surface area contributed by atoms with Crippen LogP contribution in [0.25, 0.3) is 0 Å². The predicted octanol–water partition coefficient (Wildman–Crippen LogP) is 1.01. The summed E-state index contributed by atoms with van der Waals surface area (Å²) >= 11 is 0. The van der Waals surface area contributed by atoms with Gasteiger partial charge in [-0.25, -0.2) is 0 Å². The van der Waals surface area contributed by atoms with Crippen LogP contribution in [0.1, 0.15) is 43.9 Å². The average Bonchev–Trinajstić information content (AvgIpc) is 3.18. The van der Waals surface area contributed by atoms with E-state index in [2.05, 4.69) is 15.5 Å². The number of anilines is 1. The lowest BCUT2D eigenvalue weighted by atomic mass is 10.1. The second kappa shape index (κ2) is 4.10. The fraction of sp³-hybridized carbons (Fsp3) is 0.727. The molecule has 0 radical (unpaired) electrons. The lowest BCUT2D eigenvalue weighted by molar-refractivity contribution is -0.116. The van der Waals surface area contributed by atoms with Crippen LogP contribution in [0.15, 0.2) is 4.42 Å². The standard InChI is InChI=1S/C11H16N4O2/c12-8(6-1-2-6)5-9(16)13-11-15-14-10(17-11)7-3-4-7/h6-8H,1-5,12H2,(H,13,15,16). The number of carbonyl (C=O) groups excluding carboxylic acids is 1. The summed E-state index contributed by atoms with van der Waals surface area (Å²) in [5.41, 5.74) is 5.87. The van der Waals surface area contributed by atoms with Crippen molar-refractivity contribution in [3.8, 4) is 0 Å². The van der Waals surface area contributed by atoms with Gasteiger partial charge in [-0.2, -0.15) is 0 Å². The zero-order valence-corrected chi connectivity index (χ0v) is 9.56. The number of hydrogen-bond acceptors (Lipinski definition) is 5. The topological polar surface area (TPSA) is 94.0 Å². The van der Waals surface area contributed by atoms with Gasteiger partial charge in [-0.05, 0) is 31.6 Å². The van der Waals surface area contributed by atoms with Crippen molar-refractivity contribution in [3.63, 3.8) is 0 Å². The first-order valence-electron chi connectivity index (χ1n) is 6.11. The summed E-state index contributed by atoms with van der Waals surface area (Å²) in [6, 6.07) is 0.153. The minimum Gasteiger partial charge on any atom is -0.408 e. The van der Waals surface area contributed by atoms with E-state index in [1.165, 1.54) is 0 Å². The highest BCUT2D eigenvalue weighted by molar-refractivity contribution is 5.88. The van der Waals surface area contributed by atoms with Crippen LogP contribution in [-0.4, -0.2) is 22.1 Å². The second-order valence-corrected chi connectivity index (χ2v) is 4.97. The van der Waals surface area contributed by atoms with E-state index in [4.69, 9.17) is 10.2 Å². The quantitative estimate of drug-likeness (QED) is 0.795. The third-order valence-electron chi connectivity index (χ3n) is 3.26. The van der Waals surface area contributed by atoms with E-state index in [9.17, 15) is 4.79 Å². The van der Waals surface area contributed by atoms with Crippen LogP contribution in [0.5, 0.6) is 0 Å². The highest BCUT2D eigenvalue weighted by Crippen LogP contribution is 2.39. The van der Waals surface area contributed by atoms with Crippen LogP contribution in [0.4, 0.5) is 6.01 Å². The van der Waals surface area contributed by atoms with Crippen molar-refractivity contribution >= 4 is 11.9 Å². The highest BCUT2D eigenvalue weighted by Gasteiger charge is 2.31. The first kappa shape index (κ1) is 10.7. The molecule has 1 heterocycles. The molecule has 3 rings (SSSR count). The molecule has 2 saturated carbocycles. The summed E-state index contributed by atoms with van der Waals surface area (Å²) in [6.45, 7) is 0. The first-order valence-corrected chi connectivity index (χ1v) is 6.11. The Labute approximate surface area is 99.0 Å². The Morgan fingerprint density at radius 3 is 2.82 bits per heavy atom. The largest absolute Gasteiger partial charge is 0.408 e. The van der Waals surface area contributed by atoms with Crippen molar-refractivity contribution in [3.05, 3.63) is 5.89 Å². The van der Waals surface area contributed by atoms with E-state index in [-0.39, 0.29) is 18.0 Å². The van der Waals surface area contributed by atoms with Gasteiger partial charge < -0.3 is 10.2 Å². The Morgan fingerprint density at radius 2 is 2.18 bits per heavy atom. The van der Waals surface area contributed by atoms with Crippen LogP contribution in [0, 0.1) is 5.92 Å². The van der Waals surface area contributed by atoms with E-state index in [1.807, 2.05) is 0 Å². The number of amides is 1. The van der Waals surface area contributed by atoms with Gasteiger partial charge in [0.15, 0.2) is 0 Å². The Kier molecular flexibility index (Phi) is 2.58. The average molecular weight is 236 g/mol. The lowest BCUT2D eigenvalue weighted by Gasteiger charge is -2.07. The summed E-state index contributed by atoms with van der Waals surface area (Å²) in [4.78, 5) is 11.6. The Morgan fingerprint density at radius 1 is 1.41 bits per heavy atom. The van der Waals surface area contributed by atoms with Crippen molar-refractivity contribution < 1.29 is 9.21 Å². The van der Waals surface area contributed by atoms with Gasteiger partial charge in [0, 0.05) is 18.4 Å². The zero-order chi connectivity index (χ0) is 11.8. The van der Waals surface area contributed by atoms with Gasteiger partial charge in [0.25, 0.3) is 0 Å². The van der Waals surface area contributed by atoms with Crippen LogP contribution in [-0.2, 0) is 4.79 Å². The molecular weight excluding hydrogens is 220 g/mol. The molecule has 0 aliphatic heterocycles. The van der Waals surface area contributed by atoms with Gasteiger partial charge in [-0.15, -0.1) is 5.10 Å². The van der Waals surface area contributed by atoms with Gasteiger partial charge in [0.2, 0.25) is 11.8 Å². The fourth-order valence-electron chi connectivity index (χ4n) is 1.86. The summed E-state index contributed by atoms with van der Waals surface area (Å²) in [5, 5.41) is 10.3. The Balaban J connectivity index is 1.52. The molecule has 1 unspecified atom stereocenters. The molecule has 6 heteroatoms. The van der Waals surface area contributed by atoms with Crippen LogP contribution < -0.4 is 11.1 Å². The molecule has 0 saturated heterocycles. The van der Waals surface area contributed by atoms with Crippen LogP contribution in [0.3, 0.4) is 0 Å². The predicted molar refractivity (Wildman–Crippen MR) is 60.2 cm³/mol. The third kappa shape index (κ3) is 2.63. The molecule has 3 N–H and O–H groups in total. The normalized spacial score (nSPS) is 21.2. The van der Waals surface area contributed by atoms with Crippen molar-refractivity contribution in [1.82, 2.24) is 10.2 Å². The van der Waals surface area contributed by atoms with Gasteiger partial charge >= 0.3 is 6.01 Å². The number of nitrogens with zero attached hydrogens (tertiary/aromatic N) is 2. The first-order chi connectivity index (χ1) is 8.22. The molecule has 1 amide bonds. The number of nitrogens with two attached hydrogens (primary N) is 1. The van der Waals surface area contributed by atoms with Gasteiger partial charge in [-0.1, -0.05) is 5.10 Å². The SMILES string of the molecule is NC(CC(=O)Nc1nnc(C2CC2)o1)C1CC1. The molecule has 0 spiro atoms. The fourth-order valence-corrected chi connectivity index (χ4v) is 1.86. The minimum atomic E-state index is -0.143. The summed E-state index contributed by atoms with van der Waals surface area (Å²) in [5.74, 6) is 1.41. The van der Waals surface area contributed by atoms with Crippen LogP contribution >= 0.6 is 0 Å². The van der Waals surface area contributed by atoms with E-state index in [0.717, 1.165) is 25.7 Å². The second-order valence-electron chi connectivity index (χ2n) is 4.97. The Hall–Kier alpha value is -1.43. The van der Waals surface area contributed by atoms with Gasteiger partial charge in [0.05, 0.1) is 0 Å². The smallest absolute Gasteiger partial charge is 0.322 e. The van der Waals surface area contributed by atoms with Gasteiger partial charge in [-0.3, -0.25) is 10.1 Å². The highest BCUT2D eigenvalue weighted by atomic mass is 16.4. The van der Waals surface area contributed by atoms with E-state index < -0.39 is 0 Å².